The fourth-order valence-corrected chi connectivity index (χ4v) is 5.42. The van der Waals surface area contributed by atoms with Crippen LogP contribution >= 0.6 is 0 Å². The van der Waals surface area contributed by atoms with Gasteiger partial charge >= 0.3 is 6.03 Å². The molecule has 0 unspecified atom stereocenters. The molecule has 0 atom stereocenters. The molecule has 186 valence electrons. The maximum absolute atomic E-state index is 13.9. The lowest BCUT2D eigenvalue weighted by Crippen LogP contribution is -2.47. The second-order valence-corrected chi connectivity index (χ2v) is 9.73. The predicted molar refractivity (Wildman–Crippen MR) is 140 cm³/mol. The van der Waals surface area contributed by atoms with Crippen molar-refractivity contribution < 1.29 is 14.3 Å². The van der Waals surface area contributed by atoms with Gasteiger partial charge in [0.25, 0.3) is 5.91 Å². The summed E-state index contributed by atoms with van der Waals surface area (Å²) in [6, 6.07) is 27.0. The fraction of sp³-hybridized carbons (Fsp3) is 0.333. The maximum Gasteiger partial charge on any atom is 0.326 e. The zero-order chi connectivity index (χ0) is 25.0. The van der Waals surface area contributed by atoms with Crippen molar-refractivity contribution in [3.8, 4) is 5.75 Å². The van der Waals surface area contributed by atoms with Crippen LogP contribution in [0.2, 0.25) is 0 Å². The number of likely N-dealkylation sites (tertiary alicyclic amines) is 1. The number of carbonyl (C=O) groups is 2. The number of carbonyl (C=O) groups excluding carboxylic acids is 2. The number of ether oxygens (including phenoxy) is 1. The van der Waals surface area contributed by atoms with E-state index in [1.807, 2.05) is 72.8 Å². The van der Waals surface area contributed by atoms with Crippen LogP contribution in [0.25, 0.3) is 0 Å². The third kappa shape index (κ3) is 4.73. The van der Waals surface area contributed by atoms with Gasteiger partial charge in [0.05, 0.1) is 13.8 Å². The van der Waals surface area contributed by atoms with Gasteiger partial charge < -0.3 is 10.1 Å². The topological polar surface area (TPSA) is 61.9 Å². The first-order chi connectivity index (χ1) is 17.6. The average Bonchev–Trinajstić information content (AvgIpc) is 3.19. The molecule has 0 spiro atoms. The molecule has 3 aromatic carbocycles. The lowest BCUT2D eigenvalue weighted by molar-refractivity contribution is -0.132. The summed E-state index contributed by atoms with van der Waals surface area (Å²) in [5, 5.41) is 3.05. The lowest BCUT2D eigenvalue weighted by Gasteiger charge is -2.34. The van der Waals surface area contributed by atoms with Crippen molar-refractivity contribution >= 4 is 11.9 Å². The Morgan fingerprint density at radius 3 is 2.00 bits per heavy atom. The van der Waals surface area contributed by atoms with Crippen LogP contribution in [0.4, 0.5) is 4.79 Å². The summed E-state index contributed by atoms with van der Waals surface area (Å²) in [6.07, 6.45) is 4.34. The van der Waals surface area contributed by atoms with Crippen LogP contribution in [0.3, 0.4) is 0 Å². The highest BCUT2D eigenvalue weighted by Crippen LogP contribution is 2.36. The summed E-state index contributed by atoms with van der Waals surface area (Å²) < 4.78 is 5.25. The van der Waals surface area contributed by atoms with Crippen LogP contribution in [0.1, 0.15) is 36.0 Å². The average molecular weight is 484 g/mol. The summed E-state index contributed by atoms with van der Waals surface area (Å²) in [7, 11) is 1.69. The number of amides is 3. The van der Waals surface area contributed by atoms with E-state index in [1.165, 1.54) is 10.5 Å². The highest BCUT2D eigenvalue weighted by molar-refractivity contribution is 6.09. The van der Waals surface area contributed by atoms with Gasteiger partial charge in [-0.2, -0.15) is 0 Å². The van der Waals surface area contributed by atoms with Gasteiger partial charge in [0, 0.05) is 13.1 Å². The Morgan fingerprint density at radius 1 is 0.861 bits per heavy atom. The number of urea groups is 1. The molecule has 3 aromatic rings. The van der Waals surface area contributed by atoms with Gasteiger partial charge in [-0.1, -0.05) is 72.8 Å². The van der Waals surface area contributed by atoms with Crippen LogP contribution in [0.15, 0.2) is 84.9 Å². The molecule has 2 saturated heterocycles. The van der Waals surface area contributed by atoms with Crippen molar-refractivity contribution in [1.82, 2.24) is 15.1 Å². The molecule has 0 aromatic heterocycles. The molecule has 36 heavy (non-hydrogen) atoms. The number of benzene rings is 3. The molecule has 3 amide bonds. The van der Waals surface area contributed by atoms with Crippen LogP contribution in [0, 0.1) is 5.92 Å². The minimum absolute atomic E-state index is 0.216. The number of nitrogens with one attached hydrogen (secondary N) is 1. The SMILES string of the molecule is COc1ccc(CCC2CCN(CN3C(=O)NC(c4ccccc4)(c4ccccc4)C3=O)CC2)cc1. The first-order valence-corrected chi connectivity index (χ1v) is 12.7. The van der Waals surface area contributed by atoms with Crippen LogP contribution in [-0.4, -0.2) is 48.6 Å². The van der Waals surface area contributed by atoms with Gasteiger partial charge in [-0.3, -0.25) is 9.69 Å². The van der Waals surface area contributed by atoms with E-state index >= 15 is 0 Å². The summed E-state index contributed by atoms with van der Waals surface area (Å²) in [6.45, 7) is 2.08. The Balaban J connectivity index is 1.23. The number of methoxy groups -OCH3 is 1. The van der Waals surface area contributed by atoms with Crippen molar-refractivity contribution in [2.24, 2.45) is 5.92 Å². The van der Waals surface area contributed by atoms with E-state index in [1.54, 1.807) is 7.11 Å². The summed E-state index contributed by atoms with van der Waals surface area (Å²) in [5.41, 5.74) is 1.68. The zero-order valence-corrected chi connectivity index (χ0v) is 20.7. The van der Waals surface area contributed by atoms with E-state index in [2.05, 4.69) is 22.3 Å². The molecule has 2 aliphatic rings. The number of piperidine rings is 1. The molecule has 6 heteroatoms. The number of nitrogens with zero attached hydrogens (tertiary/aromatic N) is 2. The number of rotatable bonds is 8. The van der Waals surface area contributed by atoms with Gasteiger partial charge in [0.2, 0.25) is 0 Å². The van der Waals surface area contributed by atoms with Crippen molar-refractivity contribution in [3.63, 3.8) is 0 Å². The Morgan fingerprint density at radius 2 is 1.44 bits per heavy atom. The molecule has 6 nitrogen and oxygen atoms in total. The molecule has 2 aliphatic heterocycles. The minimum Gasteiger partial charge on any atom is -0.497 e. The molecule has 2 heterocycles. The molecular formula is C30H33N3O3. The van der Waals surface area contributed by atoms with Gasteiger partial charge in [-0.15, -0.1) is 0 Å². The third-order valence-corrected chi connectivity index (χ3v) is 7.57. The van der Waals surface area contributed by atoms with Crippen molar-refractivity contribution in [3.05, 3.63) is 102 Å². The van der Waals surface area contributed by atoms with Gasteiger partial charge in [0.15, 0.2) is 5.54 Å². The van der Waals surface area contributed by atoms with Crippen molar-refractivity contribution in [1.29, 1.82) is 0 Å². The van der Waals surface area contributed by atoms with Gasteiger partial charge in [-0.05, 0) is 60.4 Å². The monoisotopic (exact) mass is 483 g/mol. The Kier molecular flexibility index (Phi) is 7.05. The fourth-order valence-electron chi connectivity index (χ4n) is 5.42. The van der Waals surface area contributed by atoms with Crippen LogP contribution in [-0.2, 0) is 16.8 Å². The van der Waals surface area contributed by atoms with E-state index in [0.717, 1.165) is 55.6 Å². The molecule has 2 fully saturated rings. The summed E-state index contributed by atoms with van der Waals surface area (Å²) in [4.78, 5) is 30.7. The van der Waals surface area contributed by atoms with E-state index < -0.39 is 5.54 Å². The standard InChI is InChI=1S/C30H33N3O3/c1-36-27-16-14-23(15-17-27)12-13-24-18-20-32(21-19-24)22-33-28(34)30(31-29(33)35,25-8-4-2-5-9-25)26-10-6-3-7-11-26/h2-11,14-17,24H,12-13,18-22H2,1H3,(H,31,35). The summed E-state index contributed by atoms with van der Waals surface area (Å²) >= 11 is 0. The van der Waals surface area contributed by atoms with Crippen molar-refractivity contribution in [2.45, 2.75) is 31.2 Å². The second-order valence-electron chi connectivity index (χ2n) is 9.73. The largest absolute Gasteiger partial charge is 0.497 e. The second kappa shape index (κ2) is 10.5. The zero-order valence-electron chi connectivity index (χ0n) is 20.7. The molecule has 0 aliphatic carbocycles. The highest BCUT2D eigenvalue weighted by atomic mass is 16.5. The molecule has 0 bridgehead atoms. The van der Waals surface area contributed by atoms with Gasteiger partial charge in [0.1, 0.15) is 5.75 Å². The molecular weight excluding hydrogens is 450 g/mol. The Bertz CT molecular complexity index is 1130. The summed E-state index contributed by atoms with van der Waals surface area (Å²) in [5.74, 6) is 1.32. The molecule has 5 rings (SSSR count). The van der Waals surface area contributed by atoms with Gasteiger partial charge in [-0.25, -0.2) is 9.69 Å². The molecule has 0 radical (unpaired) electrons. The quantitative estimate of drug-likeness (QED) is 0.468. The van der Waals surface area contributed by atoms with Crippen molar-refractivity contribution in [2.75, 3.05) is 26.9 Å². The maximum atomic E-state index is 13.9. The normalized spacial score (nSPS) is 18.3. The smallest absolute Gasteiger partial charge is 0.326 e. The van der Waals surface area contributed by atoms with E-state index in [0.29, 0.717) is 12.6 Å². The number of hydrogen-bond donors (Lipinski definition) is 1. The minimum atomic E-state index is -1.20. The number of hydrogen-bond acceptors (Lipinski definition) is 4. The molecule has 0 saturated carbocycles. The molecule has 1 N–H and O–H groups in total. The van der Waals surface area contributed by atoms with Crippen LogP contribution in [0.5, 0.6) is 5.75 Å². The lowest BCUT2D eigenvalue weighted by atomic mass is 9.83. The number of imide groups is 1. The Hall–Kier alpha value is -3.64. The third-order valence-electron chi connectivity index (χ3n) is 7.57. The first kappa shape index (κ1) is 24.1. The van der Waals surface area contributed by atoms with E-state index in [-0.39, 0.29) is 11.9 Å². The predicted octanol–water partition coefficient (Wildman–Crippen LogP) is 4.79. The van der Waals surface area contributed by atoms with E-state index in [9.17, 15) is 9.59 Å². The van der Waals surface area contributed by atoms with Crippen LogP contribution < -0.4 is 10.1 Å². The highest BCUT2D eigenvalue weighted by Gasteiger charge is 2.53. The van der Waals surface area contributed by atoms with E-state index in [4.69, 9.17) is 4.74 Å². The Labute approximate surface area is 212 Å². The first-order valence-electron chi connectivity index (χ1n) is 12.7. The number of aryl methyl sites for hydroxylation is 1.